The molecule has 0 radical (unpaired) electrons. The van der Waals surface area contributed by atoms with Gasteiger partial charge in [0.25, 0.3) is 0 Å². The van der Waals surface area contributed by atoms with Crippen LogP contribution in [0.4, 0.5) is 9.18 Å². The van der Waals surface area contributed by atoms with Crippen molar-refractivity contribution in [2.24, 2.45) is 0 Å². The average Bonchev–Trinajstić information content (AvgIpc) is 3.32. The molecule has 0 aromatic heterocycles. The maximum atomic E-state index is 14.1. The number of benzene rings is 1. The molecule has 1 heterocycles. The molecule has 2 aliphatic rings. The zero-order chi connectivity index (χ0) is 18.1. The highest BCUT2D eigenvalue weighted by Gasteiger charge is 2.40. The van der Waals surface area contributed by atoms with Gasteiger partial charge in [0.2, 0.25) is 5.91 Å². The fraction of sp³-hybridized carbons (Fsp3) is 0.579. The lowest BCUT2D eigenvalue weighted by Crippen LogP contribution is -2.50. The molecule has 6 heteroatoms. The first-order valence-electron chi connectivity index (χ1n) is 9.04. The number of nitrogens with zero attached hydrogens (tertiary/aromatic N) is 2. The number of hydrogen-bond donors (Lipinski definition) is 1. The van der Waals surface area contributed by atoms with Crippen molar-refractivity contribution in [1.29, 1.82) is 0 Å². The predicted octanol–water partition coefficient (Wildman–Crippen LogP) is 3.07. The predicted molar refractivity (Wildman–Crippen MR) is 93.5 cm³/mol. The Labute approximate surface area is 148 Å². The number of hydrogen-bond acceptors (Lipinski definition) is 2. The largest absolute Gasteiger partial charge is 0.338 e. The summed E-state index contributed by atoms with van der Waals surface area (Å²) in [4.78, 5) is 28.8. The Balaban J connectivity index is 1.72. The maximum absolute atomic E-state index is 14.1. The summed E-state index contributed by atoms with van der Waals surface area (Å²) in [7, 11) is 0. The quantitative estimate of drug-likeness (QED) is 0.890. The van der Waals surface area contributed by atoms with Gasteiger partial charge in [-0.3, -0.25) is 4.79 Å². The van der Waals surface area contributed by atoms with E-state index in [1.807, 2.05) is 20.8 Å². The second kappa shape index (κ2) is 7.02. The van der Waals surface area contributed by atoms with Crippen LogP contribution in [0.25, 0.3) is 0 Å². The van der Waals surface area contributed by atoms with Crippen LogP contribution in [0.15, 0.2) is 24.3 Å². The van der Waals surface area contributed by atoms with Crippen LogP contribution in [-0.2, 0) is 4.79 Å². The summed E-state index contributed by atoms with van der Waals surface area (Å²) in [5.41, 5.74) is 0.506. The Morgan fingerprint density at radius 2 is 1.92 bits per heavy atom. The number of nitrogens with one attached hydrogen (secondary N) is 1. The molecule has 1 saturated carbocycles. The fourth-order valence-corrected chi connectivity index (χ4v) is 3.55. The maximum Gasteiger partial charge on any atom is 0.318 e. The van der Waals surface area contributed by atoms with E-state index < -0.39 is 6.04 Å². The summed E-state index contributed by atoms with van der Waals surface area (Å²) in [6, 6.07) is 5.67. The van der Waals surface area contributed by atoms with Crippen molar-refractivity contribution < 1.29 is 14.0 Å². The fourth-order valence-electron chi connectivity index (χ4n) is 3.55. The van der Waals surface area contributed by atoms with Crippen LogP contribution in [0, 0.1) is 5.82 Å². The van der Waals surface area contributed by atoms with Gasteiger partial charge in [0.1, 0.15) is 11.9 Å². The van der Waals surface area contributed by atoms with Crippen LogP contribution < -0.4 is 5.32 Å². The van der Waals surface area contributed by atoms with E-state index >= 15 is 0 Å². The Morgan fingerprint density at radius 1 is 1.24 bits per heavy atom. The second-order valence-electron chi connectivity index (χ2n) is 7.25. The molecule has 2 fully saturated rings. The van der Waals surface area contributed by atoms with Crippen LogP contribution in [0.3, 0.4) is 0 Å². The molecule has 5 nitrogen and oxygen atoms in total. The van der Waals surface area contributed by atoms with Crippen molar-refractivity contribution in [3.63, 3.8) is 0 Å². The van der Waals surface area contributed by atoms with Gasteiger partial charge in [-0.1, -0.05) is 18.2 Å². The molecule has 3 amide bonds. The van der Waals surface area contributed by atoms with Crippen LogP contribution >= 0.6 is 0 Å². The van der Waals surface area contributed by atoms with Gasteiger partial charge in [0.15, 0.2) is 0 Å². The highest BCUT2D eigenvalue weighted by atomic mass is 19.1. The van der Waals surface area contributed by atoms with Crippen LogP contribution in [0.5, 0.6) is 0 Å². The Bertz CT molecular complexity index is 660. The molecule has 136 valence electrons. The zero-order valence-electron chi connectivity index (χ0n) is 15.0. The summed E-state index contributed by atoms with van der Waals surface area (Å²) < 4.78 is 14.1. The van der Waals surface area contributed by atoms with Crippen molar-refractivity contribution in [2.45, 2.75) is 64.2 Å². The van der Waals surface area contributed by atoms with Crippen molar-refractivity contribution in [2.75, 3.05) is 6.54 Å². The Kier molecular flexibility index (Phi) is 4.97. The van der Waals surface area contributed by atoms with E-state index in [2.05, 4.69) is 5.32 Å². The summed E-state index contributed by atoms with van der Waals surface area (Å²) in [6.45, 7) is 6.44. The molecule has 1 saturated heterocycles. The molecule has 1 N–H and O–H groups in total. The monoisotopic (exact) mass is 347 g/mol. The van der Waals surface area contributed by atoms with E-state index in [0.717, 1.165) is 12.8 Å². The molecule has 1 aromatic rings. The Morgan fingerprint density at radius 3 is 2.48 bits per heavy atom. The summed E-state index contributed by atoms with van der Waals surface area (Å²) >= 11 is 0. The second-order valence-corrected chi connectivity index (χ2v) is 7.25. The first kappa shape index (κ1) is 17.7. The normalized spacial score (nSPS) is 21.6. The molecule has 1 aliphatic carbocycles. The number of carbonyl (C=O) groups excluding carboxylic acids is 2. The van der Waals surface area contributed by atoms with Gasteiger partial charge < -0.3 is 15.1 Å². The summed E-state index contributed by atoms with van der Waals surface area (Å²) in [6.07, 6.45) is 2.46. The zero-order valence-corrected chi connectivity index (χ0v) is 15.0. The van der Waals surface area contributed by atoms with Crippen LogP contribution in [0.2, 0.25) is 0 Å². The Hall–Kier alpha value is -2.11. The number of urea groups is 1. The third kappa shape index (κ3) is 3.62. The van der Waals surface area contributed by atoms with Gasteiger partial charge in [-0.25, -0.2) is 9.18 Å². The molecular weight excluding hydrogens is 321 g/mol. The van der Waals surface area contributed by atoms with Crippen LogP contribution in [-0.4, -0.2) is 46.4 Å². The van der Waals surface area contributed by atoms with E-state index in [1.165, 1.54) is 6.07 Å². The van der Waals surface area contributed by atoms with Crippen molar-refractivity contribution in [3.8, 4) is 0 Å². The van der Waals surface area contributed by atoms with E-state index in [-0.39, 0.29) is 35.9 Å². The number of amides is 3. The topological polar surface area (TPSA) is 52.7 Å². The van der Waals surface area contributed by atoms with Crippen molar-refractivity contribution in [3.05, 3.63) is 35.6 Å². The molecule has 0 spiro atoms. The van der Waals surface area contributed by atoms with Crippen molar-refractivity contribution in [1.82, 2.24) is 15.1 Å². The van der Waals surface area contributed by atoms with Gasteiger partial charge in [0.05, 0.1) is 6.04 Å². The highest BCUT2D eigenvalue weighted by Crippen LogP contribution is 2.35. The first-order valence-corrected chi connectivity index (χ1v) is 9.04. The smallest absolute Gasteiger partial charge is 0.318 e. The van der Waals surface area contributed by atoms with Crippen molar-refractivity contribution >= 4 is 11.9 Å². The lowest BCUT2D eigenvalue weighted by molar-refractivity contribution is -0.130. The summed E-state index contributed by atoms with van der Waals surface area (Å²) in [5, 5.41) is 2.88. The lowest BCUT2D eigenvalue weighted by Gasteiger charge is -2.31. The number of rotatable bonds is 5. The van der Waals surface area contributed by atoms with Gasteiger partial charge in [0, 0.05) is 24.2 Å². The van der Waals surface area contributed by atoms with Gasteiger partial charge in [-0.05, 0) is 46.1 Å². The third-order valence-electron chi connectivity index (χ3n) is 5.11. The minimum Gasteiger partial charge on any atom is -0.338 e. The molecule has 0 unspecified atom stereocenters. The van der Waals surface area contributed by atoms with E-state index in [4.69, 9.17) is 0 Å². The van der Waals surface area contributed by atoms with E-state index in [1.54, 1.807) is 28.0 Å². The SMILES string of the molecule is CC(C)N1CC[C@@H](NC(=O)N(C2CC2)[C@H](C)c2ccccc2F)C1=O. The minimum absolute atomic E-state index is 0.0300. The summed E-state index contributed by atoms with van der Waals surface area (Å²) in [5.74, 6) is -0.339. The van der Waals surface area contributed by atoms with E-state index in [9.17, 15) is 14.0 Å². The molecule has 1 aromatic carbocycles. The molecule has 2 atom stereocenters. The van der Waals surface area contributed by atoms with Gasteiger partial charge >= 0.3 is 6.03 Å². The molecule has 25 heavy (non-hydrogen) atoms. The first-order chi connectivity index (χ1) is 11.9. The third-order valence-corrected chi connectivity index (χ3v) is 5.11. The minimum atomic E-state index is -0.482. The standard InChI is InChI=1S/C19H26FN3O2/c1-12(2)22-11-10-17(18(22)24)21-19(25)23(14-8-9-14)13(3)15-6-4-5-7-16(15)20/h4-7,12-14,17H,8-11H2,1-3H3,(H,21,25)/t13-,17-/m1/s1. The highest BCUT2D eigenvalue weighted by molar-refractivity contribution is 5.89. The number of carbonyl (C=O) groups is 2. The number of likely N-dealkylation sites (tertiary alicyclic amines) is 1. The van der Waals surface area contributed by atoms with Crippen LogP contribution in [0.1, 0.15) is 51.6 Å². The van der Waals surface area contributed by atoms with Gasteiger partial charge in [-0.2, -0.15) is 0 Å². The molecule has 1 aliphatic heterocycles. The molecular formula is C19H26FN3O2. The van der Waals surface area contributed by atoms with E-state index in [0.29, 0.717) is 18.5 Å². The lowest BCUT2D eigenvalue weighted by atomic mass is 10.1. The molecule has 0 bridgehead atoms. The molecule has 3 rings (SSSR count). The average molecular weight is 347 g/mol. The number of halogens is 1. The van der Waals surface area contributed by atoms with Gasteiger partial charge in [-0.15, -0.1) is 0 Å².